The zero-order chi connectivity index (χ0) is 13.8. The maximum Gasteiger partial charge on any atom is 0.218 e. The zero-order valence-corrected chi connectivity index (χ0v) is 12.2. The molecule has 0 aromatic rings. The van der Waals surface area contributed by atoms with Crippen LogP contribution in [0, 0.1) is 0 Å². The summed E-state index contributed by atoms with van der Waals surface area (Å²) in [5.74, 6) is -0.346. The SMILES string of the molecule is CCCCN(CCO)S(=O)(=O)C1CCS(=O)(=O)C1. The lowest BCUT2D eigenvalue weighted by Gasteiger charge is -2.24. The molecule has 1 aliphatic rings. The van der Waals surface area contributed by atoms with Gasteiger partial charge in [0.25, 0.3) is 0 Å². The average molecular weight is 299 g/mol. The van der Waals surface area contributed by atoms with Crippen molar-refractivity contribution in [1.29, 1.82) is 0 Å². The average Bonchev–Trinajstić information content (AvgIpc) is 2.65. The van der Waals surface area contributed by atoms with Crippen LogP contribution in [0.2, 0.25) is 0 Å². The molecule has 18 heavy (non-hydrogen) atoms. The second-order valence-electron chi connectivity index (χ2n) is 4.55. The van der Waals surface area contributed by atoms with E-state index in [9.17, 15) is 16.8 Å². The minimum Gasteiger partial charge on any atom is -0.395 e. The molecule has 108 valence electrons. The number of aliphatic hydroxyl groups is 1. The van der Waals surface area contributed by atoms with Crippen molar-refractivity contribution in [2.45, 2.75) is 31.4 Å². The van der Waals surface area contributed by atoms with Gasteiger partial charge in [-0.15, -0.1) is 0 Å². The standard InChI is InChI=1S/C10H21NO5S2/c1-2-3-5-11(6-7-12)18(15,16)10-4-8-17(13,14)9-10/h10,12H,2-9H2,1H3. The molecular weight excluding hydrogens is 278 g/mol. The van der Waals surface area contributed by atoms with Crippen molar-refractivity contribution in [3.63, 3.8) is 0 Å². The lowest BCUT2D eigenvalue weighted by atomic mass is 10.3. The Hall–Kier alpha value is -0.180. The number of sulfonamides is 1. The van der Waals surface area contributed by atoms with Crippen LogP contribution in [0.15, 0.2) is 0 Å². The fourth-order valence-electron chi connectivity index (χ4n) is 2.02. The fourth-order valence-corrected chi connectivity index (χ4v) is 6.58. The molecule has 0 saturated carbocycles. The van der Waals surface area contributed by atoms with Gasteiger partial charge in [0.05, 0.1) is 23.4 Å². The van der Waals surface area contributed by atoms with Crippen LogP contribution in [-0.2, 0) is 19.9 Å². The summed E-state index contributed by atoms with van der Waals surface area (Å²) in [6.45, 7) is 2.08. The lowest BCUT2D eigenvalue weighted by Crippen LogP contribution is -2.41. The second-order valence-corrected chi connectivity index (χ2v) is 8.99. The van der Waals surface area contributed by atoms with Gasteiger partial charge in [0.2, 0.25) is 10.0 Å². The van der Waals surface area contributed by atoms with Gasteiger partial charge in [-0.3, -0.25) is 0 Å². The summed E-state index contributed by atoms with van der Waals surface area (Å²) in [5.41, 5.74) is 0. The Labute approximate surface area is 109 Å². The highest BCUT2D eigenvalue weighted by Crippen LogP contribution is 2.22. The highest BCUT2D eigenvalue weighted by Gasteiger charge is 2.39. The Morgan fingerprint density at radius 2 is 2.00 bits per heavy atom. The minimum absolute atomic E-state index is 0.0406. The number of nitrogens with zero attached hydrogens (tertiary/aromatic N) is 1. The molecule has 1 aliphatic heterocycles. The van der Waals surface area contributed by atoms with Gasteiger partial charge < -0.3 is 5.11 Å². The maximum absolute atomic E-state index is 12.3. The second kappa shape index (κ2) is 6.31. The van der Waals surface area contributed by atoms with Crippen molar-refractivity contribution in [2.24, 2.45) is 0 Å². The van der Waals surface area contributed by atoms with Gasteiger partial charge in [0.1, 0.15) is 0 Å². The van der Waals surface area contributed by atoms with Crippen LogP contribution in [-0.4, -0.2) is 62.7 Å². The molecule has 1 heterocycles. The molecule has 1 fully saturated rings. The summed E-state index contributed by atoms with van der Waals surface area (Å²) in [6, 6.07) is 0. The van der Waals surface area contributed by atoms with E-state index in [4.69, 9.17) is 5.11 Å². The minimum atomic E-state index is -3.61. The highest BCUT2D eigenvalue weighted by molar-refractivity contribution is 7.95. The van der Waals surface area contributed by atoms with Crippen molar-refractivity contribution in [1.82, 2.24) is 4.31 Å². The molecule has 0 aliphatic carbocycles. The predicted octanol–water partition coefficient (Wildman–Crippen LogP) is -0.402. The molecule has 0 aromatic carbocycles. The maximum atomic E-state index is 12.3. The first-order chi connectivity index (χ1) is 8.33. The third-order valence-electron chi connectivity index (χ3n) is 3.08. The van der Waals surface area contributed by atoms with E-state index in [2.05, 4.69) is 0 Å². The molecule has 1 atom stereocenters. The van der Waals surface area contributed by atoms with E-state index >= 15 is 0 Å². The van der Waals surface area contributed by atoms with Crippen LogP contribution < -0.4 is 0 Å². The van der Waals surface area contributed by atoms with E-state index < -0.39 is 25.1 Å². The van der Waals surface area contributed by atoms with E-state index in [1.54, 1.807) is 0 Å². The Morgan fingerprint density at radius 1 is 1.33 bits per heavy atom. The molecule has 1 saturated heterocycles. The number of aliphatic hydroxyl groups excluding tert-OH is 1. The molecule has 0 amide bonds. The van der Waals surface area contributed by atoms with Gasteiger partial charge in [-0.05, 0) is 12.8 Å². The van der Waals surface area contributed by atoms with Gasteiger partial charge in [0.15, 0.2) is 9.84 Å². The van der Waals surface area contributed by atoms with Crippen LogP contribution in [0.25, 0.3) is 0 Å². The van der Waals surface area contributed by atoms with Gasteiger partial charge in [-0.25, -0.2) is 16.8 Å². The quantitative estimate of drug-likeness (QED) is 0.690. The topological polar surface area (TPSA) is 91.8 Å². The first-order valence-electron chi connectivity index (χ1n) is 6.13. The first kappa shape index (κ1) is 15.9. The molecular formula is C10H21NO5S2. The molecule has 0 spiro atoms. The molecule has 8 heteroatoms. The van der Waals surface area contributed by atoms with Crippen molar-refractivity contribution in [3.8, 4) is 0 Å². The third kappa shape index (κ3) is 3.91. The monoisotopic (exact) mass is 299 g/mol. The Morgan fingerprint density at radius 3 is 2.44 bits per heavy atom. The molecule has 0 bridgehead atoms. The number of sulfone groups is 1. The van der Waals surface area contributed by atoms with E-state index in [0.717, 1.165) is 6.42 Å². The Bertz CT molecular complexity index is 457. The largest absolute Gasteiger partial charge is 0.395 e. The van der Waals surface area contributed by atoms with E-state index in [1.165, 1.54) is 4.31 Å². The molecule has 1 unspecified atom stereocenters. The predicted molar refractivity (Wildman–Crippen MR) is 69.5 cm³/mol. The van der Waals surface area contributed by atoms with Crippen molar-refractivity contribution >= 4 is 19.9 Å². The molecule has 6 nitrogen and oxygen atoms in total. The van der Waals surface area contributed by atoms with Crippen LogP contribution >= 0.6 is 0 Å². The first-order valence-corrected chi connectivity index (χ1v) is 9.46. The summed E-state index contributed by atoms with van der Waals surface area (Å²) in [7, 11) is -6.83. The van der Waals surface area contributed by atoms with Gasteiger partial charge in [-0.1, -0.05) is 13.3 Å². The van der Waals surface area contributed by atoms with E-state index in [-0.39, 0.29) is 31.1 Å². The smallest absolute Gasteiger partial charge is 0.218 e. The Balaban J connectivity index is 2.81. The van der Waals surface area contributed by atoms with Gasteiger partial charge in [-0.2, -0.15) is 4.31 Å². The van der Waals surface area contributed by atoms with Crippen LogP contribution in [0.5, 0.6) is 0 Å². The molecule has 0 aromatic heterocycles. The Kier molecular flexibility index (Phi) is 5.57. The number of unbranched alkanes of at least 4 members (excludes halogenated alkanes) is 1. The molecule has 0 radical (unpaired) electrons. The van der Waals surface area contributed by atoms with Crippen LogP contribution in [0.4, 0.5) is 0 Å². The summed E-state index contributed by atoms with van der Waals surface area (Å²) in [6.07, 6.45) is 1.72. The highest BCUT2D eigenvalue weighted by atomic mass is 32.2. The van der Waals surface area contributed by atoms with Crippen molar-refractivity contribution < 1.29 is 21.9 Å². The van der Waals surface area contributed by atoms with E-state index in [1.807, 2.05) is 6.92 Å². The number of hydrogen-bond donors (Lipinski definition) is 1. The molecule has 1 N–H and O–H groups in total. The summed E-state index contributed by atoms with van der Waals surface area (Å²) < 4.78 is 48.5. The normalized spacial score (nSPS) is 23.6. The fraction of sp³-hybridized carbons (Fsp3) is 1.00. The third-order valence-corrected chi connectivity index (χ3v) is 7.39. The number of rotatable bonds is 7. The summed E-state index contributed by atoms with van der Waals surface area (Å²) >= 11 is 0. The number of hydrogen-bond acceptors (Lipinski definition) is 5. The van der Waals surface area contributed by atoms with E-state index in [0.29, 0.717) is 13.0 Å². The van der Waals surface area contributed by atoms with Gasteiger partial charge >= 0.3 is 0 Å². The van der Waals surface area contributed by atoms with Crippen LogP contribution in [0.1, 0.15) is 26.2 Å². The van der Waals surface area contributed by atoms with Crippen molar-refractivity contribution in [2.75, 3.05) is 31.2 Å². The molecule has 1 rings (SSSR count). The summed E-state index contributed by atoms with van der Waals surface area (Å²) in [5, 5.41) is 8.08. The van der Waals surface area contributed by atoms with Crippen LogP contribution in [0.3, 0.4) is 0 Å². The van der Waals surface area contributed by atoms with Crippen molar-refractivity contribution in [3.05, 3.63) is 0 Å². The van der Waals surface area contributed by atoms with Gasteiger partial charge in [0, 0.05) is 13.1 Å². The zero-order valence-electron chi connectivity index (χ0n) is 10.6. The lowest BCUT2D eigenvalue weighted by molar-refractivity contribution is 0.251. The summed E-state index contributed by atoms with van der Waals surface area (Å²) in [4.78, 5) is 0.